The highest BCUT2D eigenvalue weighted by Crippen LogP contribution is 2.33. The van der Waals surface area contributed by atoms with E-state index in [1.165, 1.54) is 0 Å². The summed E-state index contributed by atoms with van der Waals surface area (Å²) in [5.74, 6) is 0.544. The van der Waals surface area contributed by atoms with E-state index >= 15 is 0 Å². The predicted molar refractivity (Wildman–Crippen MR) is 127 cm³/mol. The molecule has 0 spiro atoms. The van der Waals surface area contributed by atoms with E-state index in [0.29, 0.717) is 33.3 Å². The summed E-state index contributed by atoms with van der Waals surface area (Å²) in [4.78, 5) is 0.132. The van der Waals surface area contributed by atoms with Crippen LogP contribution in [0.1, 0.15) is 5.56 Å². The Morgan fingerprint density at radius 1 is 0.969 bits per heavy atom. The SMILES string of the molecule is Cc1ccc(-c2nnc(Nc3ccccc3Cl)c3ccccc23)cc1S(=O)(=O)NCCO. The number of aryl methyl sites for hydroxylation is 1. The van der Waals surface area contributed by atoms with Crippen molar-refractivity contribution in [2.45, 2.75) is 11.8 Å². The summed E-state index contributed by atoms with van der Waals surface area (Å²) in [7, 11) is -3.78. The van der Waals surface area contributed by atoms with Gasteiger partial charge in [0.1, 0.15) is 5.69 Å². The lowest BCUT2D eigenvalue weighted by Gasteiger charge is -2.14. The molecule has 0 aliphatic carbocycles. The highest BCUT2D eigenvalue weighted by molar-refractivity contribution is 7.89. The summed E-state index contributed by atoms with van der Waals surface area (Å²) in [6.45, 7) is 1.38. The Kier molecular flexibility index (Phi) is 6.38. The Morgan fingerprint density at radius 3 is 2.44 bits per heavy atom. The number of nitrogens with zero attached hydrogens (tertiary/aromatic N) is 2. The molecular weight excluding hydrogens is 448 g/mol. The Labute approximate surface area is 191 Å². The van der Waals surface area contributed by atoms with Crippen molar-refractivity contribution in [2.24, 2.45) is 0 Å². The van der Waals surface area contributed by atoms with Gasteiger partial charge in [-0.2, -0.15) is 0 Å². The van der Waals surface area contributed by atoms with Crippen LogP contribution in [0.3, 0.4) is 0 Å². The minimum absolute atomic E-state index is 0.0584. The first kappa shape index (κ1) is 22.2. The van der Waals surface area contributed by atoms with Crippen LogP contribution in [-0.2, 0) is 10.0 Å². The molecule has 1 aromatic heterocycles. The molecule has 0 bridgehead atoms. The quantitative estimate of drug-likeness (QED) is 0.374. The predicted octanol–water partition coefficient (Wildman–Crippen LogP) is 4.27. The fourth-order valence-corrected chi connectivity index (χ4v) is 4.87. The Bertz CT molecular complexity index is 1390. The zero-order chi connectivity index (χ0) is 22.7. The number of aliphatic hydroxyl groups excluding tert-OH is 1. The minimum Gasteiger partial charge on any atom is -0.395 e. The fraction of sp³-hybridized carbons (Fsp3) is 0.130. The number of nitrogens with one attached hydrogen (secondary N) is 2. The largest absolute Gasteiger partial charge is 0.395 e. The van der Waals surface area contributed by atoms with Gasteiger partial charge in [0.05, 0.1) is 22.2 Å². The number of fused-ring (bicyclic) bond motifs is 1. The van der Waals surface area contributed by atoms with Gasteiger partial charge >= 0.3 is 0 Å². The standard InChI is InChI=1S/C23H21ClN4O3S/c1-15-10-11-16(14-21(15)32(30,31)25-12-13-29)22-17-6-2-3-7-18(17)23(28-27-22)26-20-9-5-4-8-19(20)24/h2-11,14,25,29H,12-13H2,1H3,(H,26,28). The molecule has 3 aromatic carbocycles. The van der Waals surface area contributed by atoms with Gasteiger partial charge in [0.15, 0.2) is 5.82 Å². The van der Waals surface area contributed by atoms with Gasteiger partial charge in [-0.1, -0.05) is 60.1 Å². The molecule has 0 unspecified atom stereocenters. The second kappa shape index (κ2) is 9.22. The van der Waals surface area contributed by atoms with Gasteiger partial charge in [0.2, 0.25) is 10.0 Å². The highest BCUT2D eigenvalue weighted by Gasteiger charge is 2.19. The summed E-state index contributed by atoms with van der Waals surface area (Å²) < 4.78 is 27.7. The summed E-state index contributed by atoms with van der Waals surface area (Å²) in [5.41, 5.74) is 2.48. The van der Waals surface area contributed by atoms with Crippen molar-refractivity contribution >= 4 is 43.9 Å². The van der Waals surface area contributed by atoms with E-state index in [2.05, 4.69) is 20.2 Å². The maximum atomic E-state index is 12.7. The van der Waals surface area contributed by atoms with Crippen molar-refractivity contribution < 1.29 is 13.5 Å². The van der Waals surface area contributed by atoms with Crippen LogP contribution in [0.15, 0.2) is 71.6 Å². The summed E-state index contributed by atoms with van der Waals surface area (Å²) in [5, 5.41) is 23.2. The molecule has 9 heteroatoms. The number of benzene rings is 3. The lowest BCUT2D eigenvalue weighted by Crippen LogP contribution is -2.27. The van der Waals surface area contributed by atoms with Crippen molar-refractivity contribution in [3.63, 3.8) is 0 Å². The molecule has 0 saturated carbocycles. The van der Waals surface area contributed by atoms with Crippen LogP contribution in [0.5, 0.6) is 0 Å². The van der Waals surface area contributed by atoms with Gasteiger partial charge in [-0.15, -0.1) is 10.2 Å². The van der Waals surface area contributed by atoms with E-state index in [0.717, 1.165) is 10.8 Å². The first-order chi connectivity index (χ1) is 15.4. The van der Waals surface area contributed by atoms with Crippen LogP contribution in [0.4, 0.5) is 11.5 Å². The van der Waals surface area contributed by atoms with E-state index in [9.17, 15) is 8.42 Å². The number of aliphatic hydroxyl groups is 1. The van der Waals surface area contributed by atoms with Crippen LogP contribution in [0.25, 0.3) is 22.0 Å². The van der Waals surface area contributed by atoms with Gasteiger partial charge < -0.3 is 10.4 Å². The first-order valence-electron chi connectivity index (χ1n) is 9.89. The number of halogens is 1. The lowest BCUT2D eigenvalue weighted by atomic mass is 10.0. The third kappa shape index (κ3) is 4.44. The van der Waals surface area contributed by atoms with E-state index in [-0.39, 0.29) is 18.0 Å². The Balaban J connectivity index is 1.81. The van der Waals surface area contributed by atoms with E-state index in [1.54, 1.807) is 25.1 Å². The van der Waals surface area contributed by atoms with E-state index in [4.69, 9.17) is 16.7 Å². The molecule has 4 aromatic rings. The number of aromatic nitrogens is 2. The summed E-state index contributed by atoms with van der Waals surface area (Å²) >= 11 is 6.27. The molecule has 3 N–H and O–H groups in total. The highest BCUT2D eigenvalue weighted by atomic mass is 35.5. The van der Waals surface area contributed by atoms with Gasteiger partial charge in [0.25, 0.3) is 0 Å². The van der Waals surface area contributed by atoms with Gasteiger partial charge in [-0.25, -0.2) is 13.1 Å². The lowest BCUT2D eigenvalue weighted by molar-refractivity contribution is 0.301. The van der Waals surface area contributed by atoms with Crippen LogP contribution in [-0.4, -0.2) is 36.9 Å². The first-order valence-corrected chi connectivity index (χ1v) is 11.8. The van der Waals surface area contributed by atoms with Crippen LogP contribution < -0.4 is 10.0 Å². The number of sulfonamides is 1. The summed E-state index contributed by atoms with van der Waals surface area (Å²) in [6.07, 6.45) is 0. The molecule has 7 nitrogen and oxygen atoms in total. The van der Waals surface area contributed by atoms with Crippen molar-refractivity contribution in [3.8, 4) is 11.3 Å². The molecule has 0 fully saturated rings. The van der Waals surface area contributed by atoms with Crippen molar-refractivity contribution in [2.75, 3.05) is 18.5 Å². The molecule has 0 atom stereocenters. The molecule has 0 aliphatic heterocycles. The Hall–Kier alpha value is -3.04. The van der Waals surface area contributed by atoms with Crippen molar-refractivity contribution in [1.29, 1.82) is 0 Å². The zero-order valence-corrected chi connectivity index (χ0v) is 18.8. The molecule has 164 valence electrons. The van der Waals surface area contributed by atoms with Gasteiger partial charge in [-0.3, -0.25) is 0 Å². The van der Waals surface area contributed by atoms with Crippen LogP contribution in [0, 0.1) is 6.92 Å². The fourth-order valence-electron chi connectivity index (χ4n) is 3.39. The summed E-state index contributed by atoms with van der Waals surface area (Å²) in [6, 6.07) is 20.1. The molecule has 4 rings (SSSR count). The average Bonchev–Trinajstić information content (AvgIpc) is 2.80. The second-order valence-corrected chi connectivity index (χ2v) is 9.29. The Morgan fingerprint density at radius 2 is 1.69 bits per heavy atom. The molecule has 0 aliphatic rings. The molecule has 0 radical (unpaired) electrons. The zero-order valence-electron chi connectivity index (χ0n) is 17.2. The van der Waals surface area contributed by atoms with Gasteiger partial charge in [-0.05, 0) is 30.7 Å². The van der Waals surface area contributed by atoms with Crippen LogP contribution >= 0.6 is 11.6 Å². The molecule has 0 amide bonds. The number of hydrogen-bond acceptors (Lipinski definition) is 6. The number of rotatable bonds is 7. The molecule has 0 saturated heterocycles. The smallest absolute Gasteiger partial charge is 0.240 e. The third-order valence-corrected chi connectivity index (χ3v) is 6.90. The molecule has 32 heavy (non-hydrogen) atoms. The van der Waals surface area contributed by atoms with E-state index < -0.39 is 10.0 Å². The third-order valence-electron chi connectivity index (χ3n) is 4.97. The molecular formula is C23H21ClN4O3S. The number of hydrogen-bond donors (Lipinski definition) is 3. The maximum absolute atomic E-state index is 12.7. The minimum atomic E-state index is -3.78. The van der Waals surface area contributed by atoms with Crippen molar-refractivity contribution in [1.82, 2.24) is 14.9 Å². The van der Waals surface area contributed by atoms with Crippen LogP contribution in [0.2, 0.25) is 5.02 Å². The van der Waals surface area contributed by atoms with Gasteiger partial charge in [0, 0.05) is 22.9 Å². The molecule has 1 heterocycles. The number of anilines is 2. The van der Waals surface area contributed by atoms with E-state index in [1.807, 2.05) is 48.5 Å². The monoisotopic (exact) mass is 468 g/mol. The maximum Gasteiger partial charge on any atom is 0.240 e. The topological polar surface area (TPSA) is 104 Å². The normalized spacial score (nSPS) is 11.6. The second-order valence-electron chi connectivity index (χ2n) is 7.15. The average molecular weight is 469 g/mol. The number of para-hydroxylation sites is 1. The van der Waals surface area contributed by atoms with Crippen molar-refractivity contribution in [3.05, 3.63) is 77.3 Å².